The van der Waals surface area contributed by atoms with Gasteiger partial charge >= 0.3 is 0 Å². The number of nitrogens with one attached hydrogen (secondary N) is 1. The van der Waals surface area contributed by atoms with Crippen LogP contribution in [0.3, 0.4) is 0 Å². The summed E-state index contributed by atoms with van der Waals surface area (Å²) in [5.74, 6) is 4.33. The number of hydrogen-bond acceptors (Lipinski definition) is 5. The van der Waals surface area contributed by atoms with E-state index in [4.69, 9.17) is 17.4 Å². The van der Waals surface area contributed by atoms with Crippen molar-refractivity contribution in [3.05, 3.63) is 10.3 Å². The molecule has 0 aliphatic rings. The van der Waals surface area contributed by atoms with Crippen molar-refractivity contribution in [1.29, 1.82) is 0 Å². The van der Waals surface area contributed by atoms with Crippen molar-refractivity contribution in [3.63, 3.8) is 0 Å². The monoisotopic (exact) mass is 178 g/mol. The van der Waals surface area contributed by atoms with Gasteiger partial charge in [-0.25, -0.2) is 5.84 Å². The van der Waals surface area contributed by atoms with E-state index in [0.29, 0.717) is 0 Å². The summed E-state index contributed by atoms with van der Waals surface area (Å²) in [6.07, 6.45) is 0. The zero-order chi connectivity index (χ0) is 7.56. The number of hydrogen-bond donors (Lipinski definition) is 2. The van der Waals surface area contributed by atoms with Crippen molar-refractivity contribution < 1.29 is 4.79 Å². The number of halogens is 1. The smallest absolute Gasteiger partial charge is 0.288 e. The number of carbonyl (C=O) groups is 1. The van der Waals surface area contributed by atoms with Crippen LogP contribution in [0, 0.1) is 0 Å². The van der Waals surface area contributed by atoms with Gasteiger partial charge in [0.2, 0.25) is 10.3 Å². The normalized spacial score (nSPS) is 9.40. The van der Waals surface area contributed by atoms with Gasteiger partial charge in [0.15, 0.2) is 0 Å². The van der Waals surface area contributed by atoms with Crippen LogP contribution >= 0.6 is 23.1 Å². The zero-order valence-electron chi connectivity index (χ0n) is 4.67. The Kier molecular flexibility index (Phi) is 2.15. The molecule has 3 N–H and O–H groups in total. The summed E-state index contributed by atoms with van der Waals surface area (Å²) in [6.45, 7) is 0. The van der Waals surface area contributed by atoms with Crippen LogP contribution in [0.15, 0.2) is 0 Å². The molecule has 1 amide bonds. The van der Waals surface area contributed by atoms with E-state index < -0.39 is 5.91 Å². The molecule has 0 saturated carbocycles. The minimum atomic E-state index is -0.482. The third-order valence-corrected chi connectivity index (χ3v) is 1.71. The molecule has 0 bridgehead atoms. The lowest BCUT2D eigenvalue weighted by atomic mass is 10.7. The maximum absolute atomic E-state index is 10.6. The van der Waals surface area contributed by atoms with E-state index in [1.54, 1.807) is 0 Å². The van der Waals surface area contributed by atoms with Crippen molar-refractivity contribution in [2.75, 3.05) is 0 Å². The first kappa shape index (κ1) is 7.39. The topological polar surface area (TPSA) is 80.9 Å². The third kappa shape index (κ3) is 1.41. The maximum atomic E-state index is 10.6. The van der Waals surface area contributed by atoms with Crippen molar-refractivity contribution in [1.82, 2.24) is 14.8 Å². The van der Waals surface area contributed by atoms with E-state index in [1.165, 1.54) is 0 Å². The molecule has 0 aliphatic carbocycles. The van der Waals surface area contributed by atoms with Crippen molar-refractivity contribution in [3.8, 4) is 0 Å². The van der Waals surface area contributed by atoms with Gasteiger partial charge in [-0.05, 0) is 23.1 Å². The number of nitrogen functional groups attached to an aromatic ring is 1. The highest BCUT2D eigenvalue weighted by atomic mass is 35.5. The minimum absolute atomic E-state index is 0.0589. The fourth-order valence-electron chi connectivity index (χ4n) is 0.359. The number of nitrogens with zero attached hydrogens (tertiary/aromatic N) is 2. The standard InChI is InChI=1S/C3H3ClN4OS/c4-3-6-2(10-8-3)1(9)7-5/h5H2,(H,7,9). The number of hydrazine groups is 1. The Bertz CT molecular complexity index is 248. The lowest BCUT2D eigenvalue weighted by molar-refractivity contribution is 0.0953. The van der Waals surface area contributed by atoms with Gasteiger partial charge in [-0.3, -0.25) is 10.2 Å². The second-order valence-electron chi connectivity index (χ2n) is 1.34. The Morgan fingerprint density at radius 1 is 1.80 bits per heavy atom. The lowest BCUT2D eigenvalue weighted by Gasteiger charge is -1.88. The van der Waals surface area contributed by atoms with Gasteiger partial charge in [-0.2, -0.15) is 9.36 Å². The second-order valence-corrected chi connectivity index (χ2v) is 2.43. The molecule has 1 aromatic rings. The van der Waals surface area contributed by atoms with E-state index >= 15 is 0 Å². The number of aromatic nitrogens is 2. The quantitative estimate of drug-likeness (QED) is 0.354. The van der Waals surface area contributed by atoms with Crippen LogP contribution in [-0.2, 0) is 0 Å². The maximum Gasteiger partial charge on any atom is 0.295 e. The van der Waals surface area contributed by atoms with Gasteiger partial charge in [-0.15, -0.1) is 0 Å². The Morgan fingerprint density at radius 3 is 2.90 bits per heavy atom. The Balaban J connectivity index is 2.85. The molecule has 0 aromatic carbocycles. The molecule has 0 radical (unpaired) electrons. The summed E-state index contributed by atoms with van der Waals surface area (Å²) in [6, 6.07) is 0. The summed E-state index contributed by atoms with van der Waals surface area (Å²) < 4.78 is 3.57. The highest BCUT2D eigenvalue weighted by molar-refractivity contribution is 7.07. The van der Waals surface area contributed by atoms with Crippen molar-refractivity contribution in [2.24, 2.45) is 5.84 Å². The molecule has 54 valence electrons. The molecule has 5 nitrogen and oxygen atoms in total. The van der Waals surface area contributed by atoms with Crippen LogP contribution < -0.4 is 11.3 Å². The molecule has 0 saturated heterocycles. The lowest BCUT2D eigenvalue weighted by Crippen LogP contribution is -2.29. The van der Waals surface area contributed by atoms with Gasteiger partial charge in [0.05, 0.1) is 0 Å². The Hall–Kier alpha value is -0.720. The summed E-state index contributed by atoms with van der Waals surface area (Å²) in [5.41, 5.74) is 1.90. The highest BCUT2D eigenvalue weighted by Gasteiger charge is 2.08. The molecule has 10 heavy (non-hydrogen) atoms. The Morgan fingerprint density at radius 2 is 2.50 bits per heavy atom. The van der Waals surface area contributed by atoms with Gasteiger partial charge in [-0.1, -0.05) is 0 Å². The molecule has 1 rings (SSSR count). The molecule has 1 aromatic heterocycles. The van der Waals surface area contributed by atoms with Crippen LogP contribution in [0.2, 0.25) is 5.28 Å². The first-order valence-electron chi connectivity index (χ1n) is 2.24. The number of rotatable bonds is 1. The predicted molar refractivity (Wildman–Crippen MR) is 36.6 cm³/mol. The molecule has 0 fully saturated rings. The fraction of sp³-hybridized carbons (Fsp3) is 0. The highest BCUT2D eigenvalue weighted by Crippen LogP contribution is 2.07. The molecule has 0 spiro atoms. The summed E-state index contributed by atoms with van der Waals surface area (Å²) in [7, 11) is 0. The number of nitrogens with two attached hydrogens (primary N) is 1. The second kappa shape index (κ2) is 2.91. The zero-order valence-corrected chi connectivity index (χ0v) is 6.24. The Labute approximate surface area is 65.3 Å². The molecule has 7 heteroatoms. The van der Waals surface area contributed by atoms with Crippen LogP contribution in [0.4, 0.5) is 0 Å². The van der Waals surface area contributed by atoms with Crippen LogP contribution in [0.5, 0.6) is 0 Å². The average molecular weight is 179 g/mol. The van der Waals surface area contributed by atoms with E-state index in [2.05, 4.69) is 9.36 Å². The fourth-order valence-corrected chi connectivity index (χ4v) is 1.07. The van der Waals surface area contributed by atoms with E-state index in [0.717, 1.165) is 11.5 Å². The predicted octanol–water partition coefficient (Wildman–Crippen LogP) is -0.205. The van der Waals surface area contributed by atoms with Crippen LogP contribution in [-0.4, -0.2) is 15.3 Å². The summed E-state index contributed by atoms with van der Waals surface area (Å²) in [5, 5.41) is 0.219. The number of carbonyl (C=O) groups excluding carboxylic acids is 1. The van der Waals surface area contributed by atoms with Gasteiger partial charge in [0, 0.05) is 0 Å². The summed E-state index contributed by atoms with van der Waals surface area (Å²) >= 11 is 6.23. The van der Waals surface area contributed by atoms with E-state index in [9.17, 15) is 4.79 Å². The van der Waals surface area contributed by atoms with Crippen LogP contribution in [0.1, 0.15) is 9.80 Å². The largest absolute Gasteiger partial charge is 0.295 e. The van der Waals surface area contributed by atoms with Gasteiger partial charge < -0.3 is 0 Å². The van der Waals surface area contributed by atoms with E-state index in [-0.39, 0.29) is 10.3 Å². The number of amides is 1. The van der Waals surface area contributed by atoms with Crippen molar-refractivity contribution >= 4 is 29.0 Å². The third-order valence-electron chi connectivity index (χ3n) is 0.727. The molecule has 0 atom stereocenters. The SMILES string of the molecule is NNC(=O)c1nc(Cl)ns1. The van der Waals surface area contributed by atoms with Crippen LogP contribution in [0.25, 0.3) is 0 Å². The first-order chi connectivity index (χ1) is 4.74. The molecule has 1 heterocycles. The van der Waals surface area contributed by atoms with Crippen molar-refractivity contribution in [2.45, 2.75) is 0 Å². The first-order valence-corrected chi connectivity index (χ1v) is 3.39. The summed E-state index contributed by atoms with van der Waals surface area (Å²) in [4.78, 5) is 14.2. The van der Waals surface area contributed by atoms with Gasteiger partial charge in [0.1, 0.15) is 0 Å². The molecule has 0 aliphatic heterocycles. The van der Waals surface area contributed by atoms with E-state index in [1.807, 2.05) is 5.43 Å². The molecule has 0 unspecified atom stereocenters. The minimum Gasteiger partial charge on any atom is -0.288 e. The average Bonchev–Trinajstić information content (AvgIpc) is 2.34. The van der Waals surface area contributed by atoms with Gasteiger partial charge in [0.25, 0.3) is 5.91 Å². The molecular weight excluding hydrogens is 176 g/mol. The molecular formula is C3H3ClN4OS.